The summed E-state index contributed by atoms with van der Waals surface area (Å²) >= 11 is 3.44. The van der Waals surface area contributed by atoms with E-state index >= 15 is 0 Å². The number of hydrogen-bond acceptors (Lipinski definition) is 2. The second kappa shape index (κ2) is 6.36. The third kappa shape index (κ3) is 2.92. The Labute approximate surface area is 137 Å². The van der Waals surface area contributed by atoms with Crippen molar-refractivity contribution in [2.24, 2.45) is 0 Å². The molecular formula is C18H16BrNO2. The summed E-state index contributed by atoms with van der Waals surface area (Å²) in [6, 6.07) is 16.1. The lowest BCUT2D eigenvalue weighted by Gasteiger charge is -2.05. The molecule has 0 aliphatic carbocycles. The van der Waals surface area contributed by atoms with E-state index < -0.39 is 0 Å². The van der Waals surface area contributed by atoms with Crippen LogP contribution in [0.3, 0.4) is 0 Å². The van der Waals surface area contributed by atoms with Gasteiger partial charge in [0.05, 0.1) is 6.61 Å². The van der Waals surface area contributed by atoms with Crippen molar-refractivity contribution in [1.82, 2.24) is 4.98 Å². The zero-order chi connectivity index (χ0) is 15.5. The average molecular weight is 358 g/mol. The molecule has 3 rings (SSSR count). The Morgan fingerprint density at radius 3 is 2.59 bits per heavy atom. The molecule has 0 spiro atoms. The van der Waals surface area contributed by atoms with Gasteiger partial charge in [0.1, 0.15) is 5.69 Å². The maximum atomic E-state index is 12.2. The number of carbonyl (C=O) groups is 1. The van der Waals surface area contributed by atoms with Crippen molar-refractivity contribution in [2.75, 3.05) is 6.61 Å². The van der Waals surface area contributed by atoms with Crippen LogP contribution in [-0.4, -0.2) is 17.6 Å². The molecule has 0 radical (unpaired) electrons. The normalized spacial score (nSPS) is 10.8. The van der Waals surface area contributed by atoms with E-state index in [0.717, 1.165) is 26.5 Å². The lowest BCUT2D eigenvalue weighted by atomic mass is 10.0. The number of para-hydroxylation sites is 1. The highest BCUT2D eigenvalue weighted by Gasteiger charge is 2.18. The minimum absolute atomic E-state index is 0.300. The van der Waals surface area contributed by atoms with Gasteiger partial charge < -0.3 is 9.72 Å². The molecule has 112 valence electrons. The van der Waals surface area contributed by atoms with Crippen molar-refractivity contribution < 1.29 is 9.53 Å². The summed E-state index contributed by atoms with van der Waals surface area (Å²) < 4.78 is 6.22. The molecule has 1 N–H and O–H groups in total. The number of aromatic amines is 1. The Hall–Kier alpha value is -2.07. The molecule has 0 saturated carbocycles. The second-order valence-corrected chi connectivity index (χ2v) is 5.96. The molecule has 3 nitrogen and oxygen atoms in total. The van der Waals surface area contributed by atoms with Gasteiger partial charge in [0.25, 0.3) is 0 Å². The van der Waals surface area contributed by atoms with Crippen molar-refractivity contribution >= 4 is 32.8 Å². The number of nitrogens with one attached hydrogen (secondary N) is 1. The van der Waals surface area contributed by atoms with Crippen LogP contribution in [0.5, 0.6) is 0 Å². The van der Waals surface area contributed by atoms with Crippen LogP contribution in [0.4, 0.5) is 0 Å². The Bertz CT molecular complexity index is 806. The summed E-state index contributed by atoms with van der Waals surface area (Å²) in [7, 11) is 0. The van der Waals surface area contributed by atoms with E-state index in [4.69, 9.17) is 4.74 Å². The molecule has 0 atom stereocenters. The number of H-pyrrole nitrogens is 1. The van der Waals surface area contributed by atoms with Crippen molar-refractivity contribution in [2.45, 2.75) is 13.3 Å². The fraction of sp³-hybridized carbons (Fsp3) is 0.167. The topological polar surface area (TPSA) is 42.1 Å². The number of fused-ring (bicyclic) bond motifs is 1. The van der Waals surface area contributed by atoms with E-state index in [-0.39, 0.29) is 5.97 Å². The number of carbonyl (C=O) groups excluding carboxylic acids is 1. The van der Waals surface area contributed by atoms with E-state index in [0.29, 0.717) is 18.7 Å². The molecule has 0 aliphatic rings. The van der Waals surface area contributed by atoms with Gasteiger partial charge in [-0.3, -0.25) is 0 Å². The van der Waals surface area contributed by atoms with E-state index in [1.165, 1.54) is 0 Å². The number of benzene rings is 2. The highest BCUT2D eigenvalue weighted by Crippen LogP contribution is 2.26. The van der Waals surface area contributed by atoms with Crippen LogP contribution in [0.15, 0.2) is 53.0 Å². The molecule has 1 aromatic heterocycles. The third-order valence-electron chi connectivity index (χ3n) is 3.59. The molecular weight excluding hydrogens is 342 g/mol. The lowest BCUT2D eigenvalue weighted by molar-refractivity contribution is 0.0519. The Kier molecular flexibility index (Phi) is 4.29. The molecule has 4 heteroatoms. The van der Waals surface area contributed by atoms with Crippen LogP contribution in [-0.2, 0) is 11.2 Å². The highest BCUT2D eigenvalue weighted by atomic mass is 79.9. The molecule has 22 heavy (non-hydrogen) atoms. The number of aromatic nitrogens is 1. The van der Waals surface area contributed by atoms with Gasteiger partial charge in [0, 0.05) is 21.8 Å². The van der Waals surface area contributed by atoms with Gasteiger partial charge >= 0.3 is 5.97 Å². The predicted molar refractivity (Wildman–Crippen MR) is 91.2 cm³/mol. The number of hydrogen-bond donors (Lipinski definition) is 1. The summed E-state index contributed by atoms with van der Waals surface area (Å²) in [6.07, 6.45) is 0.686. The summed E-state index contributed by atoms with van der Waals surface area (Å²) in [5, 5.41) is 1.06. The summed E-state index contributed by atoms with van der Waals surface area (Å²) in [6.45, 7) is 2.18. The van der Waals surface area contributed by atoms with E-state index in [2.05, 4.69) is 33.0 Å². The zero-order valence-corrected chi connectivity index (χ0v) is 13.8. The summed E-state index contributed by atoms with van der Waals surface area (Å²) in [5.74, 6) is -0.300. The van der Waals surface area contributed by atoms with Gasteiger partial charge in [0.15, 0.2) is 0 Å². The number of halogens is 1. The molecule has 0 saturated heterocycles. The van der Waals surface area contributed by atoms with Crippen LogP contribution in [0, 0.1) is 0 Å². The average Bonchev–Trinajstić information content (AvgIpc) is 2.89. The molecule has 0 fully saturated rings. The number of esters is 1. The first-order chi connectivity index (χ1) is 10.7. The van der Waals surface area contributed by atoms with E-state index in [1.54, 1.807) is 0 Å². The molecule has 0 aliphatic heterocycles. The Morgan fingerprint density at radius 1 is 1.14 bits per heavy atom. The third-order valence-corrected chi connectivity index (χ3v) is 4.12. The highest BCUT2D eigenvalue weighted by molar-refractivity contribution is 9.10. The van der Waals surface area contributed by atoms with Crippen LogP contribution in [0.2, 0.25) is 0 Å². The quantitative estimate of drug-likeness (QED) is 0.687. The fourth-order valence-electron chi connectivity index (χ4n) is 2.57. The van der Waals surface area contributed by atoms with Crippen molar-refractivity contribution in [3.8, 4) is 0 Å². The molecule has 1 heterocycles. The van der Waals surface area contributed by atoms with Crippen molar-refractivity contribution in [3.05, 3.63) is 69.8 Å². The van der Waals surface area contributed by atoms with Gasteiger partial charge in [-0.05, 0) is 36.2 Å². The van der Waals surface area contributed by atoms with Crippen molar-refractivity contribution in [1.29, 1.82) is 0 Å². The first kappa shape index (κ1) is 14.9. The van der Waals surface area contributed by atoms with Gasteiger partial charge in [-0.25, -0.2) is 4.79 Å². The minimum Gasteiger partial charge on any atom is -0.461 e. The minimum atomic E-state index is -0.300. The van der Waals surface area contributed by atoms with Crippen LogP contribution >= 0.6 is 15.9 Å². The standard InChI is InChI=1S/C18H16BrNO2/c1-2-22-18(21)17-15(11-12-7-9-13(19)10-8-12)14-5-3-4-6-16(14)20-17/h3-10,20H,2,11H2,1H3. The first-order valence-electron chi connectivity index (χ1n) is 7.20. The molecule has 0 bridgehead atoms. The van der Waals surface area contributed by atoms with E-state index in [1.807, 2.05) is 43.3 Å². The van der Waals surface area contributed by atoms with Gasteiger partial charge in [-0.15, -0.1) is 0 Å². The fourth-order valence-corrected chi connectivity index (χ4v) is 2.83. The second-order valence-electron chi connectivity index (χ2n) is 5.05. The molecule has 0 amide bonds. The van der Waals surface area contributed by atoms with Crippen LogP contribution in [0.25, 0.3) is 10.9 Å². The predicted octanol–water partition coefficient (Wildman–Crippen LogP) is 4.70. The first-order valence-corrected chi connectivity index (χ1v) is 7.99. The van der Waals surface area contributed by atoms with E-state index in [9.17, 15) is 4.79 Å². The maximum absolute atomic E-state index is 12.2. The van der Waals surface area contributed by atoms with Gasteiger partial charge in [0.2, 0.25) is 0 Å². The lowest BCUT2D eigenvalue weighted by Crippen LogP contribution is -2.08. The smallest absolute Gasteiger partial charge is 0.355 e. The van der Waals surface area contributed by atoms with Gasteiger partial charge in [-0.1, -0.05) is 46.3 Å². The summed E-state index contributed by atoms with van der Waals surface area (Å²) in [5.41, 5.74) is 3.64. The van der Waals surface area contributed by atoms with Crippen molar-refractivity contribution in [3.63, 3.8) is 0 Å². The summed E-state index contributed by atoms with van der Waals surface area (Å²) in [4.78, 5) is 15.4. The maximum Gasteiger partial charge on any atom is 0.355 e. The Balaban J connectivity index is 2.07. The molecule has 2 aromatic carbocycles. The largest absolute Gasteiger partial charge is 0.461 e. The monoisotopic (exact) mass is 357 g/mol. The van der Waals surface area contributed by atoms with Crippen LogP contribution < -0.4 is 0 Å². The van der Waals surface area contributed by atoms with Crippen LogP contribution in [0.1, 0.15) is 28.5 Å². The van der Waals surface area contributed by atoms with Gasteiger partial charge in [-0.2, -0.15) is 0 Å². The number of rotatable bonds is 4. The zero-order valence-electron chi connectivity index (χ0n) is 12.2. The molecule has 3 aromatic rings. The Morgan fingerprint density at radius 2 is 1.86 bits per heavy atom. The SMILES string of the molecule is CCOC(=O)c1[nH]c2ccccc2c1Cc1ccc(Br)cc1. The molecule has 0 unspecified atom stereocenters. The number of ether oxygens (including phenoxy) is 1.